The van der Waals surface area contributed by atoms with Gasteiger partial charge in [-0.2, -0.15) is 0 Å². The van der Waals surface area contributed by atoms with E-state index in [1.807, 2.05) is 6.07 Å². The average molecular weight is 682 g/mol. The summed E-state index contributed by atoms with van der Waals surface area (Å²) >= 11 is 0. The van der Waals surface area contributed by atoms with Gasteiger partial charge >= 0.3 is 0 Å². The summed E-state index contributed by atoms with van der Waals surface area (Å²) in [5, 5.41) is 4.82. The molecule has 3 aliphatic rings. The molecule has 0 saturated heterocycles. The number of hydrogen-bond donors (Lipinski definition) is 0. The van der Waals surface area contributed by atoms with Crippen LogP contribution in [0.15, 0.2) is 144 Å². The maximum atomic E-state index is 6.21. The molecule has 2 heteroatoms. The average Bonchev–Trinajstić information content (AvgIpc) is 3.88. The summed E-state index contributed by atoms with van der Waals surface area (Å²) in [4.78, 5) is 0. The van der Waals surface area contributed by atoms with Crippen molar-refractivity contribution in [2.45, 2.75) is 56.8 Å². The van der Waals surface area contributed by atoms with Crippen LogP contribution in [0.2, 0.25) is 0 Å². The van der Waals surface area contributed by atoms with Gasteiger partial charge in [0.15, 0.2) is 0 Å². The first kappa shape index (κ1) is 29.7. The summed E-state index contributed by atoms with van der Waals surface area (Å²) in [5.74, 6) is 0. The van der Waals surface area contributed by atoms with Crippen LogP contribution in [-0.2, 0) is 10.8 Å². The number of fused-ring (bicyclic) bond motifs is 14. The second-order valence-corrected chi connectivity index (χ2v) is 16.4. The van der Waals surface area contributed by atoms with Crippen molar-refractivity contribution in [2.24, 2.45) is 0 Å². The molecule has 7 aromatic carbocycles. The Labute approximate surface area is 309 Å². The van der Waals surface area contributed by atoms with E-state index in [0.717, 1.165) is 27.6 Å². The molecule has 1 spiro atoms. The predicted octanol–water partition coefficient (Wildman–Crippen LogP) is 13.9. The molecule has 254 valence electrons. The third kappa shape index (κ3) is 3.88. The lowest BCUT2D eigenvalue weighted by Crippen LogP contribution is -2.28. The highest BCUT2D eigenvalue weighted by molar-refractivity contribution is 6.11. The second-order valence-electron chi connectivity index (χ2n) is 16.4. The topological polar surface area (TPSA) is 18.1 Å². The van der Waals surface area contributed by atoms with Gasteiger partial charge in [-0.15, -0.1) is 0 Å². The van der Waals surface area contributed by atoms with Crippen LogP contribution in [-0.4, -0.2) is 4.57 Å². The molecule has 9 aromatic rings. The molecule has 0 unspecified atom stereocenters. The third-order valence-electron chi connectivity index (χ3n) is 13.4. The normalized spacial score (nSPS) is 16.4. The lowest BCUT2D eigenvalue weighted by Gasteiger charge is -2.36. The monoisotopic (exact) mass is 681 g/mol. The molecular weight excluding hydrogens is 643 g/mol. The van der Waals surface area contributed by atoms with Crippen molar-refractivity contribution in [3.05, 3.63) is 162 Å². The Hall–Kier alpha value is -5.86. The fourth-order valence-electron chi connectivity index (χ4n) is 10.8. The first-order valence-corrected chi connectivity index (χ1v) is 19.4. The maximum absolute atomic E-state index is 6.21. The van der Waals surface area contributed by atoms with Crippen LogP contribution in [0.25, 0.3) is 82.8 Å². The number of para-hydroxylation sites is 2. The Balaban J connectivity index is 1.02. The van der Waals surface area contributed by atoms with Gasteiger partial charge < -0.3 is 8.98 Å². The van der Waals surface area contributed by atoms with Crippen molar-refractivity contribution < 1.29 is 4.42 Å². The molecule has 0 aliphatic heterocycles. The van der Waals surface area contributed by atoms with Crippen molar-refractivity contribution in [3.8, 4) is 39.1 Å². The van der Waals surface area contributed by atoms with Crippen LogP contribution < -0.4 is 0 Å². The first-order valence-electron chi connectivity index (χ1n) is 19.4. The summed E-state index contributed by atoms with van der Waals surface area (Å²) in [6.07, 6.45) is 6.50. The molecule has 2 aromatic heterocycles. The van der Waals surface area contributed by atoms with Gasteiger partial charge in [0.1, 0.15) is 11.2 Å². The summed E-state index contributed by atoms with van der Waals surface area (Å²) in [7, 11) is 0. The number of hydrogen-bond acceptors (Lipinski definition) is 1. The fraction of sp³-hybridized carbons (Fsp3) is 0.176. The van der Waals surface area contributed by atoms with Crippen LogP contribution in [0, 0.1) is 0 Å². The zero-order valence-electron chi connectivity index (χ0n) is 30.2. The molecule has 1 fully saturated rings. The highest BCUT2D eigenvalue weighted by Crippen LogP contribution is 2.60. The van der Waals surface area contributed by atoms with Crippen molar-refractivity contribution >= 4 is 43.7 Å². The Morgan fingerprint density at radius 2 is 1.11 bits per heavy atom. The van der Waals surface area contributed by atoms with Crippen molar-refractivity contribution in [3.63, 3.8) is 0 Å². The minimum absolute atomic E-state index is 0.102. The van der Waals surface area contributed by atoms with E-state index in [9.17, 15) is 0 Å². The van der Waals surface area contributed by atoms with E-state index in [1.54, 1.807) is 11.1 Å². The van der Waals surface area contributed by atoms with Gasteiger partial charge in [-0.3, -0.25) is 0 Å². The molecular formula is C51H39NO. The van der Waals surface area contributed by atoms with E-state index in [1.165, 1.54) is 98.4 Å². The van der Waals surface area contributed by atoms with Crippen molar-refractivity contribution in [1.82, 2.24) is 4.57 Å². The van der Waals surface area contributed by atoms with Crippen molar-refractivity contribution in [2.75, 3.05) is 0 Å². The van der Waals surface area contributed by atoms with E-state index in [4.69, 9.17) is 4.42 Å². The smallest absolute Gasteiger partial charge is 0.135 e. The lowest BCUT2D eigenvalue weighted by molar-refractivity contribution is 0.353. The van der Waals surface area contributed by atoms with Crippen LogP contribution in [0.3, 0.4) is 0 Å². The fourth-order valence-corrected chi connectivity index (χ4v) is 10.8. The largest absolute Gasteiger partial charge is 0.456 e. The molecule has 0 radical (unpaired) electrons. The van der Waals surface area contributed by atoms with E-state index in [2.05, 4.69) is 152 Å². The lowest BCUT2D eigenvalue weighted by atomic mass is 9.67. The molecule has 2 heterocycles. The van der Waals surface area contributed by atoms with Crippen LogP contribution >= 0.6 is 0 Å². The SMILES string of the molecule is CC1(C)c2cc(-c3ccc4c5ccccc5n(-c5ccc6oc7ccccc7c6c5)c4c3)ccc2-c2cc3c(cc21)-c1ccccc1C31CCCCC1. The zero-order valence-corrected chi connectivity index (χ0v) is 30.2. The third-order valence-corrected chi connectivity index (χ3v) is 13.4. The highest BCUT2D eigenvalue weighted by Gasteiger charge is 2.46. The van der Waals surface area contributed by atoms with Crippen LogP contribution in [0.5, 0.6) is 0 Å². The van der Waals surface area contributed by atoms with Crippen molar-refractivity contribution in [1.29, 1.82) is 0 Å². The molecule has 1 saturated carbocycles. The van der Waals surface area contributed by atoms with Crippen LogP contribution in [0.1, 0.15) is 68.2 Å². The standard InChI is InChI=1S/C51H39NO/c1-50(2)43-26-31(18-21-35(43)39-30-45-40(29-44(39)50)34-12-4-7-15-42(34)51(45)24-10-3-11-25-51)32-19-22-37-36-13-5-8-16-46(36)52(47(37)27-32)33-20-23-49-41(28-33)38-14-6-9-17-48(38)53-49/h4-9,12-23,26-30H,3,10-11,24-25H2,1-2H3. The molecule has 3 aliphatic carbocycles. The Morgan fingerprint density at radius 3 is 2.02 bits per heavy atom. The Kier molecular flexibility index (Phi) is 5.82. The summed E-state index contributed by atoms with van der Waals surface area (Å²) in [6, 6.07) is 52.6. The minimum Gasteiger partial charge on any atom is -0.456 e. The van der Waals surface area contributed by atoms with Gasteiger partial charge in [0.25, 0.3) is 0 Å². The number of aromatic nitrogens is 1. The molecule has 12 rings (SSSR count). The number of benzene rings is 7. The summed E-state index contributed by atoms with van der Waals surface area (Å²) in [6.45, 7) is 4.86. The molecule has 0 N–H and O–H groups in total. The van der Waals surface area contributed by atoms with Gasteiger partial charge in [0, 0.05) is 38.1 Å². The maximum Gasteiger partial charge on any atom is 0.135 e. The van der Waals surface area contributed by atoms with Gasteiger partial charge in [-0.25, -0.2) is 0 Å². The second kappa shape index (κ2) is 10.4. The van der Waals surface area contributed by atoms with E-state index >= 15 is 0 Å². The molecule has 0 atom stereocenters. The van der Waals surface area contributed by atoms with Crippen LogP contribution in [0.4, 0.5) is 0 Å². The van der Waals surface area contributed by atoms with E-state index in [-0.39, 0.29) is 10.8 Å². The van der Waals surface area contributed by atoms with Gasteiger partial charge in [0.2, 0.25) is 0 Å². The number of rotatable bonds is 2. The zero-order chi connectivity index (χ0) is 35.1. The summed E-state index contributed by atoms with van der Waals surface area (Å²) in [5.41, 5.74) is 19.8. The molecule has 53 heavy (non-hydrogen) atoms. The quantitative estimate of drug-likeness (QED) is 0.178. The molecule has 0 amide bonds. The molecule has 2 nitrogen and oxygen atoms in total. The van der Waals surface area contributed by atoms with E-state index in [0.29, 0.717) is 0 Å². The van der Waals surface area contributed by atoms with Gasteiger partial charge in [-0.1, -0.05) is 118 Å². The highest BCUT2D eigenvalue weighted by atomic mass is 16.3. The van der Waals surface area contributed by atoms with Gasteiger partial charge in [-0.05, 0) is 123 Å². The summed E-state index contributed by atoms with van der Waals surface area (Å²) < 4.78 is 8.65. The predicted molar refractivity (Wildman–Crippen MR) is 220 cm³/mol. The Morgan fingerprint density at radius 1 is 0.453 bits per heavy atom. The molecule has 0 bridgehead atoms. The minimum atomic E-state index is -0.102. The van der Waals surface area contributed by atoms with Gasteiger partial charge in [0.05, 0.1) is 11.0 Å². The first-order chi connectivity index (χ1) is 26.0. The number of furan rings is 1. The number of nitrogens with zero attached hydrogens (tertiary/aromatic N) is 1. The van der Waals surface area contributed by atoms with E-state index < -0.39 is 0 Å². The Bertz CT molecular complexity index is 3020.